The zero-order valence-corrected chi connectivity index (χ0v) is 10.9. The highest BCUT2D eigenvalue weighted by atomic mass is 19.1. The number of fused-ring (bicyclic) bond motifs is 1. The molecule has 0 aliphatic rings. The third-order valence-corrected chi connectivity index (χ3v) is 3.04. The molecule has 0 radical (unpaired) electrons. The number of nitrogen functional groups attached to an aromatic ring is 1. The average Bonchev–Trinajstić information content (AvgIpc) is 2.52. The molecule has 4 nitrogen and oxygen atoms in total. The summed E-state index contributed by atoms with van der Waals surface area (Å²) < 4.78 is 19.5. The van der Waals surface area contributed by atoms with Crippen LogP contribution in [0, 0.1) is 17.1 Å². The van der Waals surface area contributed by atoms with Crippen LogP contribution in [0.5, 0.6) is 11.5 Å². The van der Waals surface area contributed by atoms with Crippen molar-refractivity contribution in [2.45, 2.75) is 0 Å². The topological polar surface area (TPSA) is 71.9 Å². The Hall–Kier alpha value is -3.13. The molecule has 0 spiro atoms. The molecule has 0 aliphatic heterocycles. The van der Waals surface area contributed by atoms with Gasteiger partial charge in [0.25, 0.3) is 0 Å². The Morgan fingerprint density at radius 3 is 2.71 bits per heavy atom. The molecule has 3 rings (SSSR count). The summed E-state index contributed by atoms with van der Waals surface area (Å²) in [6, 6.07) is 12.8. The fourth-order valence-electron chi connectivity index (χ4n) is 2.03. The zero-order chi connectivity index (χ0) is 14.8. The molecule has 0 amide bonds. The van der Waals surface area contributed by atoms with Gasteiger partial charge in [0.15, 0.2) is 11.6 Å². The van der Waals surface area contributed by atoms with Crippen molar-refractivity contribution in [3.05, 3.63) is 60.0 Å². The fraction of sp³-hybridized carbons (Fsp3) is 0. The van der Waals surface area contributed by atoms with E-state index < -0.39 is 5.82 Å². The molecular formula is C16H10FN3O. The second kappa shape index (κ2) is 5.10. The maximum absolute atomic E-state index is 13.9. The highest BCUT2D eigenvalue weighted by Crippen LogP contribution is 2.33. The van der Waals surface area contributed by atoms with Crippen LogP contribution in [-0.4, -0.2) is 4.98 Å². The molecule has 21 heavy (non-hydrogen) atoms. The SMILES string of the molecule is N#Cc1ccc(Oc2ccc(N)c3ncccc23)c(F)c1. The predicted octanol–water partition coefficient (Wildman–Crippen LogP) is 3.62. The minimum atomic E-state index is -0.595. The number of hydrogen-bond donors (Lipinski definition) is 1. The number of nitrogens with zero attached hydrogens (tertiary/aromatic N) is 2. The van der Waals surface area contributed by atoms with Gasteiger partial charge in [0.2, 0.25) is 0 Å². The number of aromatic nitrogens is 1. The predicted molar refractivity (Wildman–Crippen MR) is 77.3 cm³/mol. The second-order valence-corrected chi connectivity index (χ2v) is 4.41. The van der Waals surface area contributed by atoms with E-state index in [1.165, 1.54) is 12.1 Å². The van der Waals surface area contributed by atoms with Gasteiger partial charge in [-0.15, -0.1) is 0 Å². The first kappa shape index (κ1) is 12.9. The smallest absolute Gasteiger partial charge is 0.167 e. The van der Waals surface area contributed by atoms with Crippen molar-refractivity contribution >= 4 is 16.6 Å². The van der Waals surface area contributed by atoms with E-state index in [0.717, 1.165) is 6.07 Å². The van der Waals surface area contributed by atoms with Crippen LogP contribution in [0.1, 0.15) is 5.56 Å². The van der Waals surface area contributed by atoms with Gasteiger partial charge in [-0.05, 0) is 42.5 Å². The number of ether oxygens (including phenoxy) is 1. The molecule has 0 bridgehead atoms. The molecule has 0 aliphatic carbocycles. The largest absolute Gasteiger partial charge is 0.454 e. The van der Waals surface area contributed by atoms with Gasteiger partial charge in [-0.2, -0.15) is 5.26 Å². The Kier molecular flexibility index (Phi) is 3.13. The molecule has 3 aromatic rings. The van der Waals surface area contributed by atoms with Crippen molar-refractivity contribution in [2.24, 2.45) is 0 Å². The van der Waals surface area contributed by atoms with Crippen LogP contribution in [-0.2, 0) is 0 Å². The fourth-order valence-corrected chi connectivity index (χ4v) is 2.03. The first-order valence-corrected chi connectivity index (χ1v) is 6.20. The number of hydrogen-bond acceptors (Lipinski definition) is 4. The third kappa shape index (κ3) is 2.35. The van der Waals surface area contributed by atoms with Gasteiger partial charge >= 0.3 is 0 Å². The molecular weight excluding hydrogens is 269 g/mol. The van der Waals surface area contributed by atoms with Gasteiger partial charge in [-0.1, -0.05) is 0 Å². The lowest BCUT2D eigenvalue weighted by atomic mass is 10.1. The highest BCUT2D eigenvalue weighted by Gasteiger charge is 2.10. The van der Waals surface area contributed by atoms with Crippen LogP contribution >= 0.6 is 0 Å². The summed E-state index contributed by atoms with van der Waals surface area (Å²) in [4.78, 5) is 4.19. The van der Waals surface area contributed by atoms with Gasteiger partial charge in [-0.3, -0.25) is 4.98 Å². The Bertz CT molecular complexity index is 871. The number of anilines is 1. The number of benzene rings is 2. The lowest BCUT2D eigenvalue weighted by molar-refractivity contribution is 0.446. The van der Waals surface area contributed by atoms with Gasteiger partial charge in [0.1, 0.15) is 5.75 Å². The lowest BCUT2D eigenvalue weighted by Crippen LogP contribution is -1.94. The Labute approximate surface area is 120 Å². The minimum Gasteiger partial charge on any atom is -0.454 e. The van der Waals surface area contributed by atoms with Crippen LogP contribution in [0.25, 0.3) is 10.9 Å². The van der Waals surface area contributed by atoms with Crippen LogP contribution in [0.3, 0.4) is 0 Å². The molecule has 0 unspecified atom stereocenters. The first-order valence-electron chi connectivity index (χ1n) is 6.20. The molecule has 1 heterocycles. The van der Waals surface area contributed by atoms with Crippen molar-refractivity contribution < 1.29 is 9.13 Å². The summed E-state index contributed by atoms with van der Waals surface area (Å²) in [6.45, 7) is 0. The summed E-state index contributed by atoms with van der Waals surface area (Å²) in [7, 11) is 0. The average molecular weight is 279 g/mol. The molecule has 0 saturated carbocycles. The van der Waals surface area contributed by atoms with E-state index in [4.69, 9.17) is 15.7 Å². The van der Waals surface area contributed by atoms with E-state index in [1.54, 1.807) is 30.5 Å². The first-order chi connectivity index (χ1) is 10.2. The maximum atomic E-state index is 13.9. The molecule has 102 valence electrons. The van der Waals surface area contributed by atoms with E-state index in [1.807, 2.05) is 6.07 Å². The molecule has 2 N–H and O–H groups in total. The Balaban J connectivity index is 2.07. The van der Waals surface area contributed by atoms with Crippen molar-refractivity contribution in [3.8, 4) is 17.6 Å². The standard InChI is InChI=1S/C16H10FN3O/c17-12-8-10(9-18)3-5-15(12)21-14-6-4-13(19)16-11(14)2-1-7-20-16/h1-8H,19H2. The van der Waals surface area contributed by atoms with E-state index in [9.17, 15) is 4.39 Å². The van der Waals surface area contributed by atoms with Crippen molar-refractivity contribution in [2.75, 3.05) is 5.73 Å². The number of pyridine rings is 1. The van der Waals surface area contributed by atoms with Gasteiger partial charge in [-0.25, -0.2) is 4.39 Å². The lowest BCUT2D eigenvalue weighted by Gasteiger charge is -2.10. The van der Waals surface area contributed by atoms with Crippen LogP contribution in [0.4, 0.5) is 10.1 Å². The van der Waals surface area contributed by atoms with Crippen molar-refractivity contribution in [1.82, 2.24) is 4.98 Å². The van der Waals surface area contributed by atoms with Crippen molar-refractivity contribution in [1.29, 1.82) is 5.26 Å². The number of halogens is 1. The van der Waals surface area contributed by atoms with E-state index in [0.29, 0.717) is 22.3 Å². The minimum absolute atomic E-state index is 0.0453. The van der Waals surface area contributed by atoms with Crippen LogP contribution in [0.2, 0.25) is 0 Å². The zero-order valence-electron chi connectivity index (χ0n) is 10.9. The summed E-state index contributed by atoms with van der Waals surface area (Å²) in [6.07, 6.45) is 1.63. The van der Waals surface area contributed by atoms with E-state index >= 15 is 0 Å². The molecule has 1 aromatic heterocycles. The van der Waals surface area contributed by atoms with E-state index in [2.05, 4.69) is 4.98 Å². The number of nitriles is 1. The Morgan fingerprint density at radius 2 is 1.95 bits per heavy atom. The summed E-state index contributed by atoms with van der Waals surface area (Å²) in [5.74, 6) is -0.0947. The normalized spacial score (nSPS) is 10.3. The molecule has 2 aromatic carbocycles. The third-order valence-electron chi connectivity index (χ3n) is 3.04. The molecule has 0 fully saturated rings. The van der Waals surface area contributed by atoms with Gasteiger partial charge < -0.3 is 10.5 Å². The van der Waals surface area contributed by atoms with Crippen LogP contribution in [0.15, 0.2) is 48.7 Å². The second-order valence-electron chi connectivity index (χ2n) is 4.41. The monoisotopic (exact) mass is 279 g/mol. The summed E-state index contributed by atoms with van der Waals surface area (Å²) >= 11 is 0. The number of rotatable bonds is 2. The van der Waals surface area contributed by atoms with E-state index in [-0.39, 0.29) is 11.3 Å². The van der Waals surface area contributed by atoms with Crippen molar-refractivity contribution in [3.63, 3.8) is 0 Å². The Morgan fingerprint density at radius 1 is 1.14 bits per heavy atom. The van der Waals surface area contributed by atoms with Crippen LogP contribution < -0.4 is 10.5 Å². The molecule has 0 saturated heterocycles. The van der Waals surface area contributed by atoms with Gasteiger partial charge in [0.05, 0.1) is 22.8 Å². The summed E-state index contributed by atoms with van der Waals surface area (Å²) in [5.41, 5.74) is 7.22. The van der Waals surface area contributed by atoms with Gasteiger partial charge in [0, 0.05) is 11.6 Å². The maximum Gasteiger partial charge on any atom is 0.167 e. The summed E-state index contributed by atoms with van der Waals surface area (Å²) in [5, 5.41) is 9.43. The quantitative estimate of drug-likeness (QED) is 0.727. The highest BCUT2D eigenvalue weighted by molar-refractivity contribution is 5.93. The number of nitrogens with two attached hydrogens (primary N) is 1. The molecule has 5 heteroatoms. The molecule has 0 atom stereocenters.